The van der Waals surface area contributed by atoms with Crippen molar-refractivity contribution in [2.75, 3.05) is 6.54 Å². The van der Waals surface area contributed by atoms with Gasteiger partial charge in [0.1, 0.15) is 5.82 Å². The molecule has 1 aromatic carbocycles. The minimum absolute atomic E-state index is 0.636. The Bertz CT molecular complexity index is 474. The van der Waals surface area contributed by atoms with E-state index in [1.165, 1.54) is 0 Å². The molecule has 16 heavy (non-hydrogen) atoms. The van der Waals surface area contributed by atoms with Crippen LogP contribution in [-0.2, 0) is 13.5 Å². The monoisotopic (exact) mass is 279 g/mol. The van der Waals surface area contributed by atoms with Gasteiger partial charge in [0.15, 0.2) is 0 Å². The molecule has 0 saturated heterocycles. The number of aromatic nitrogens is 2. The number of nitrogens with two attached hydrogens (primary N) is 1. The van der Waals surface area contributed by atoms with Crippen molar-refractivity contribution in [2.24, 2.45) is 12.8 Å². The van der Waals surface area contributed by atoms with Crippen LogP contribution in [-0.4, -0.2) is 16.1 Å². The van der Waals surface area contributed by atoms with Crippen molar-refractivity contribution in [1.29, 1.82) is 0 Å². The van der Waals surface area contributed by atoms with E-state index in [9.17, 15) is 0 Å². The highest BCUT2D eigenvalue weighted by atomic mass is 79.9. The van der Waals surface area contributed by atoms with Crippen LogP contribution >= 0.6 is 15.9 Å². The van der Waals surface area contributed by atoms with Crippen molar-refractivity contribution >= 4 is 15.9 Å². The number of rotatable bonds is 3. The lowest BCUT2D eigenvalue weighted by Crippen LogP contribution is -2.02. The first-order valence-corrected chi connectivity index (χ1v) is 5.98. The minimum atomic E-state index is 0.636. The Morgan fingerprint density at radius 1 is 1.31 bits per heavy atom. The number of halogens is 1. The van der Waals surface area contributed by atoms with Crippen LogP contribution in [0.25, 0.3) is 11.4 Å². The highest BCUT2D eigenvalue weighted by Gasteiger charge is 2.06. The van der Waals surface area contributed by atoms with Gasteiger partial charge in [-0.2, -0.15) is 0 Å². The van der Waals surface area contributed by atoms with E-state index in [-0.39, 0.29) is 0 Å². The molecular weight excluding hydrogens is 266 g/mol. The third kappa shape index (κ3) is 2.33. The third-order valence-electron chi connectivity index (χ3n) is 2.43. The quantitative estimate of drug-likeness (QED) is 0.938. The molecule has 0 aliphatic rings. The summed E-state index contributed by atoms with van der Waals surface area (Å²) < 4.78 is 3.11. The number of aryl methyl sites for hydroxylation is 1. The zero-order valence-corrected chi connectivity index (χ0v) is 10.7. The second-order valence-corrected chi connectivity index (χ2v) is 4.63. The van der Waals surface area contributed by atoms with Gasteiger partial charge >= 0.3 is 0 Å². The highest BCUT2D eigenvalue weighted by Crippen LogP contribution is 2.20. The molecule has 84 valence electrons. The molecule has 0 radical (unpaired) electrons. The second kappa shape index (κ2) is 4.80. The van der Waals surface area contributed by atoms with Crippen LogP contribution in [0.5, 0.6) is 0 Å². The van der Waals surface area contributed by atoms with E-state index in [1.54, 1.807) is 0 Å². The summed E-state index contributed by atoms with van der Waals surface area (Å²) in [6.45, 7) is 0.636. The average molecular weight is 280 g/mol. The maximum absolute atomic E-state index is 5.52. The van der Waals surface area contributed by atoms with Crippen molar-refractivity contribution in [1.82, 2.24) is 9.55 Å². The molecule has 0 unspecified atom stereocenters. The molecule has 0 saturated carbocycles. The Labute approximate surface area is 103 Å². The standard InChI is InChI=1S/C12H14BrN3/c1-16-8-11(6-7-14)15-12(16)9-2-4-10(13)5-3-9/h2-5,8H,6-7,14H2,1H3. The topological polar surface area (TPSA) is 43.8 Å². The lowest BCUT2D eigenvalue weighted by molar-refractivity contribution is 0.912. The molecule has 0 fully saturated rings. The molecule has 0 bridgehead atoms. The molecule has 2 N–H and O–H groups in total. The lowest BCUT2D eigenvalue weighted by atomic mass is 10.2. The van der Waals surface area contributed by atoms with Crippen molar-refractivity contribution in [3.05, 3.63) is 40.6 Å². The number of benzene rings is 1. The average Bonchev–Trinajstić information content (AvgIpc) is 2.61. The fourth-order valence-electron chi connectivity index (χ4n) is 1.66. The van der Waals surface area contributed by atoms with E-state index in [2.05, 4.69) is 33.0 Å². The summed E-state index contributed by atoms with van der Waals surface area (Å²) in [5.74, 6) is 0.982. The largest absolute Gasteiger partial charge is 0.334 e. The summed E-state index contributed by atoms with van der Waals surface area (Å²) >= 11 is 3.42. The van der Waals surface area contributed by atoms with Crippen molar-refractivity contribution in [3.8, 4) is 11.4 Å². The van der Waals surface area contributed by atoms with E-state index >= 15 is 0 Å². The molecule has 1 heterocycles. The molecule has 3 nitrogen and oxygen atoms in total. The highest BCUT2D eigenvalue weighted by molar-refractivity contribution is 9.10. The van der Waals surface area contributed by atoms with Crippen LogP contribution in [0.1, 0.15) is 5.69 Å². The van der Waals surface area contributed by atoms with Gasteiger partial charge in [-0.3, -0.25) is 0 Å². The van der Waals surface area contributed by atoms with Crippen LogP contribution in [0.3, 0.4) is 0 Å². The van der Waals surface area contributed by atoms with Crippen LogP contribution in [0, 0.1) is 0 Å². The molecule has 0 atom stereocenters. The number of hydrogen-bond acceptors (Lipinski definition) is 2. The zero-order chi connectivity index (χ0) is 11.5. The SMILES string of the molecule is Cn1cc(CCN)nc1-c1ccc(Br)cc1. The summed E-state index contributed by atoms with van der Waals surface area (Å²) in [7, 11) is 2.00. The molecule has 2 aromatic rings. The Kier molecular flexibility index (Phi) is 3.41. The van der Waals surface area contributed by atoms with Crippen molar-refractivity contribution in [2.45, 2.75) is 6.42 Å². The molecule has 4 heteroatoms. The molecule has 0 spiro atoms. The Hall–Kier alpha value is -1.13. The Balaban J connectivity index is 2.36. The summed E-state index contributed by atoms with van der Waals surface area (Å²) in [5.41, 5.74) is 7.69. The Morgan fingerprint density at radius 3 is 2.62 bits per heavy atom. The first-order valence-electron chi connectivity index (χ1n) is 5.19. The van der Waals surface area contributed by atoms with E-state index < -0.39 is 0 Å². The molecule has 0 amide bonds. The van der Waals surface area contributed by atoms with E-state index in [4.69, 9.17) is 5.73 Å². The van der Waals surface area contributed by atoms with Gasteiger partial charge in [-0.25, -0.2) is 4.98 Å². The van der Waals surface area contributed by atoms with E-state index in [1.807, 2.05) is 29.9 Å². The normalized spacial score (nSPS) is 10.7. The van der Waals surface area contributed by atoms with Gasteiger partial charge in [0.2, 0.25) is 0 Å². The fraction of sp³-hybridized carbons (Fsp3) is 0.250. The first kappa shape index (κ1) is 11.4. The molecule has 1 aromatic heterocycles. The summed E-state index contributed by atoms with van der Waals surface area (Å²) in [4.78, 5) is 4.57. The smallest absolute Gasteiger partial charge is 0.139 e. The first-order chi connectivity index (χ1) is 7.70. The van der Waals surface area contributed by atoms with Crippen LogP contribution in [0.2, 0.25) is 0 Å². The minimum Gasteiger partial charge on any atom is -0.334 e. The summed E-state index contributed by atoms with van der Waals surface area (Å²) in [6, 6.07) is 8.15. The summed E-state index contributed by atoms with van der Waals surface area (Å²) in [6.07, 6.45) is 2.86. The lowest BCUT2D eigenvalue weighted by Gasteiger charge is -2.00. The van der Waals surface area contributed by atoms with Crippen molar-refractivity contribution in [3.63, 3.8) is 0 Å². The Morgan fingerprint density at radius 2 is 2.00 bits per heavy atom. The van der Waals surface area contributed by atoms with Gasteiger partial charge < -0.3 is 10.3 Å². The maximum atomic E-state index is 5.52. The third-order valence-corrected chi connectivity index (χ3v) is 2.96. The van der Waals surface area contributed by atoms with Gasteiger partial charge in [0.05, 0.1) is 5.69 Å². The second-order valence-electron chi connectivity index (χ2n) is 3.71. The van der Waals surface area contributed by atoms with Gasteiger partial charge in [0.25, 0.3) is 0 Å². The van der Waals surface area contributed by atoms with Crippen LogP contribution in [0.4, 0.5) is 0 Å². The molecular formula is C12H14BrN3. The predicted molar refractivity (Wildman–Crippen MR) is 69.1 cm³/mol. The van der Waals surface area contributed by atoms with Crippen LogP contribution in [0.15, 0.2) is 34.9 Å². The number of imidazole rings is 1. The predicted octanol–water partition coefficient (Wildman–Crippen LogP) is 2.35. The zero-order valence-electron chi connectivity index (χ0n) is 9.15. The maximum Gasteiger partial charge on any atom is 0.139 e. The van der Waals surface area contributed by atoms with Gasteiger partial charge in [-0.05, 0) is 18.7 Å². The van der Waals surface area contributed by atoms with E-state index in [0.717, 1.165) is 28.0 Å². The number of nitrogens with zero attached hydrogens (tertiary/aromatic N) is 2. The van der Waals surface area contributed by atoms with E-state index in [0.29, 0.717) is 6.54 Å². The molecule has 2 rings (SSSR count). The molecule has 0 aliphatic carbocycles. The number of hydrogen-bond donors (Lipinski definition) is 1. The fourth-order valence-corrected chi connectivity index (χ4v) is 1.93. The van der Waals surface area contributed by atoms with Gasteiger partial charge in [-0.15, -0.1) is 0 Å². The van der Waals surface area contributed by atoms with Gasteiger partial charge in [-0.1, -0.05) is 28.1 Å². The molecule has 0 aliphatic heterocycles. The summed E-state index contributed by atoms with van der Waals surface area (Å²) in [5, 5.41) is 0. The van der Waals surface area contributed by atoms with Crippen LogP contribution < -0.4 is 5.73 Å². The van der Waals surface area contributed by atoms with Gasteiger partial charge in [0, 0.05) is 29.7 Å². The van der Waals surface area contributed by atoms with Crippen molar-refractivity contribution < 1.29 is 0 Å².